The number of aromatic nitrogens is 1. The van der Waals surface area contributed by atoms with Crippen molar-refractivity contribution < 1.29 is 28.6 Å². The highest BCUT2D eigenvalue weighted by atomic mass is 32.1. The zero-order valence-corrected chi connectivity index (χ0v) is 23.8. The van der Waals surface area contributed by atoms with E-state index in [1.54, 1.807) is 42.5 Å². The lowest BCUT2D eigenvalue weighted by Gasteiger charge is -2.23. The molecule has 0 spiro atoms. The second-order valence-corrected chi connectivity index (χ2v) is 11.6. The van der Waals surface area contributed by atoms with Crippen LogP contribution in [0.25, 0.3) is 16.0 Å². The summed E-state index contributed by atoms with van der Waals surface area (Å²) in [5.41, 5.74) is 3.27. The maximum Gasteiger partial charge on any atom is 0.301 e. The van der Waals surface area contributed by atoms with Crippen molar-refractivity contribution in [2.24, 2.45) is 0 Å². The van der Waals surface area contributed by atoms with Crippen LogP contribution in [-0.4, -0.2) is 27.9 Å². The fourth-order valence-corrected chi connectivity index (χ4v) is 6.59. The number of amides is 1. The molecule has 5 aromatic rings. The lowest BCUT2D eigenvalue weighted by molar-refractivity contribution is -0.132. The number of rotatable bonds is 6. The number of ketones is 1. The van der Waals surface area contributed by atoms with Crippen molar-refractivity contribution in [3.8, 4) is 11.5 Å². The van der Waals surface area contributed by atoms with E-state index in [1.807, 2.05) is 37.3 Å². The lowest BCUT2D eigenvalue weighted by atomic mass is 9.94. The summed E-state index contributed by atoms with van der Waals surface area (Å²) in [7, 11) is 0. The van der Waals surface area contributed by atoms with E-state index in [4.69, 9.17) is 9.47 Å². The molecule has 0 radical (unpaired) electrons. The van der Waals surface area contributed by atoms with Gasteiger partial charge in [0.05, 0.1) is 21.8 Å². The molecule has 0 bridgehead atoms. The van der Waals surface area contributed by atoms with Crippen LogP contribution in [0.1, 0.15) is 35.2 Å². The number of ether oxygens (including phenoxy) is 2. The minimum Gasteiger partial charge on any atom is -0.507 e. The number of anilines is 1. The van der Waals surface area contributed by atoms with Crippen LogP contribution in [0, 0.1) is 5.82 Å². The first-order valence-corrected chi connectivity index (χ1v) is 14.6. The van der Waals surface area contributed by atoms with Gasteiger partial charge in [-0.3, -0.25) is 14.5 Å². The van der Waals surface area contributed by atoms with Crippen molar-refractivity contribution in [2.45, 2.75) is 32.1 Å². The molecule has 1 aromatic heterocycles. The van der Waals surface area contributed by atoms with Crippen LogP contribution >= 0.6 is 11.3 Å². The number of carbonyl (C=O) groups excluding carboxylic acids is 2. The van der Waals surface area contributed by atoms with Crippen LogP contribution in [0.15, 0.2) is 96.6 Å². The van der Waals surface area contributed by atoms with Gasteiger partial charge in [0.2, 0.25) is 0 Å². The Hall–Kier alpha value is -5.02. The molecule has 43 heavy (non-hydrogen) atoms. The molecule has 2 atom stereocenters. The molecule has 3 heterocycles. The van der Waals surface area contributed by atoms with Crippen LogP contribution in [0.2, 0.25) is 0 Å². The number of fused-ring (bicyclic) bond motifs is 2. The topological polar surface area (TPSA) is 89.0 Å². The van der Waals surface area contributed by atoms with Gasteiger partial charge in [-0.1, -0.05) is 53.8 Å². The first kappa shape index (κ1) is 26.9. The zero-order valence-electron chi connectivity index (χ0n) is 23.0. The van der Waals surface area contributed by atoms with Crippen LogP contribution in [0.5, 0.6) is 11.5 Å². The molecule has 1 saturated heterocycles. The Morgan fingerprint density at radius 1 is 1.05 bits per heavy atom. The average Bonchev–Trinajstić information content (AvgIpc) is 3.68. The van der Waals surface area contributed by atoms with Crippen molar-refractivity contribution in [1.29, 1.82) is 0 Å². The molecular weight excluding hydrogens is 567 g/mol. The van der Waals surface area contributed by atoms with Crippen LogP contribution in [-0.2, 0) is 22.6 Å². The molecule has 7 rings (SSSR count). The van der Waals surface area contributed by atoms with Gasteiger partial charge in [0, 0.05) is 12.0 Å². The Labute approximate surface area is 250 Å². The van der Waals surface area contributed by atoms with Crippen LogP contribution < -0.4 is 14.4 Å². The van der Waals surface area contributed by atoms with Gasteiger partial charge >= 0.3 is 5.91 Å². The van der Waals surface area contributed by atoms with E-state index in [9.17, 15) is 19.1 Å². The van der Waals surface area contributed by atoms with E-state index >= 15 is 0 Å². The molecule has 2 unspecified atom stereocenters. The van der Waals surface area contributed by atoms with Gasteiger partial charge in [0.1, 0.15) is 35.8 Å². The summed E-state index contributed by atoms with van der Waals surface area (Å²) in [5.74, 6) is -1.14. The van der Waals surface area contributed by atoms with Crippen molar-refractivity contribution in [2.75, 3.05) is 4.90 Å². The highest BCUT2D eigenvalue weighted by Crippen LogP contribution is 2.45. The summed E-state index contributed by atoms with van der Waals surface area (Å²) >= 11 is 1.10. The molecule has 214 valence electrons. The molecule has 7 nitrogen and oxygen atoms in total. The smallest absolute Gasteiger partial charge is 0.301 e. The summed E-state index contributed by atoms with van der Waals surface area (Å²) in [4.78, 5) is 33.2. The molecule has 1 amide bonds. The van der Waals surface area contributed by atoms with Gasteiger partial charge in [-0.15, -0.1) is 0 Å². The van der Waals surface area contributed by atoms with Gasteiger partial charge in [-0.05, 0) is 72.1 Å². The number of hydrogen-bond acceptors (Lipinski definition) is 7. The highest BCUT2D eigenvalue weighted by Gasteiger charge is 2.48. The largest absolute Gasteiger partial charge is 0.507 e. The Bertz CT molecular complexity index is 1940. The summed E-state index contributed by atoms with van der Waals surface area (Å²) in [6, 6.07) is 25.2. The fraction of sp³-hybridized carbons (Fsp3) is 0.147. The molecule has 1 N–H and O–H groups in total. The first-order chi connectivity index (χ1) is 20.9. The maximum absolute atomic E-state index is 14.0. The van der Waals surface area contributed by atoms with Crippen molar-refractivity contribution in [3.05, 3.63) is 125 Å². The Morgan fingerprint density at radius 2 is 1.88 bits per heavy atom. The Balaban J connectivity index is 1.35. The third-order valence-corrected chi connectivity index (χ3v) is 8.60. The van der Waals surface area contributed by atoms with Crippen molar-refractivity contribution >= 4 is 44.1 Å². The zero-order chi connectivity index (χ0) is 29.7. The molecule has 1 fully saturated rings. The van der Waals surface area contributed by atoms with Crippen LogP contribution in [0.4, 0.5) is 9.52 Å². The number of thiazole rings is 1. The van der Waals surface area contributed by atoms with Crippen molar-refractivity contribution in [1.82, 2.24) is 4.98 Å². The van der Waals surface area contributed by atoms with Crippen LogP contribution in [0.3, 0.4) is 0 Å². The normalized spacial score (nSPS) is 19.1. The number of nitrogens with zero attached hydrogens (tertiary/aromatic N) is 2. The van der Waals surface area contributed by atoms with Gasteiger partial charge in [0.15, 0.2) is 5.13 Å². The number of hydrogen-bond donors (Lipinski definition) is 1. The standard InChI is InChI=1S/C34H25FN2O5S/c1-19-14-23-15-22(10-13-27(23)42-19)31(38)29-30(21-8-5-9-25(16-21)41-18-20-6-3-2-4-7-20)37(33(40)32(29)39)34-36-26-12-11-24(35)17-28(26)43-34/h2-13,15-17,19,30,38H,14,18H2,1H3. The molecule has 0 aliphatic carbocycles. The second kappa shape index (κ2) is 10.7. The Kier molecular flexibility index (Phi) is 6.66. The highest BCUT2D eigenvalue weighted by molar-refractivity contribution is 7.22. The summed E-state index contributed by atoms with van der Waals surface area (Å²) in [6.45, 7) is 2.28. The Morgan fingerprint density at radius 3 is 2.72 bits per heavy atom. The van der Waals surface area contributed by atoms with E-state index in [0.717, 1.165) is 28.2 Å². The number of carbonyl (C=O) groups is 2. The van der Waals surface area contributed by atoms with Gasteiger partial charge in [0.25, 0.3) is 5.78 Å². The maximum atomic E-state index is 14.0. The number of Topliss-reactive ketones (excluding diaryl/α,β-unsaturated/α-hetero) is 1. The van der Waals surface area contributed by atoms with Gasteiger partial charge < -0.3 is 14.6 Å². The summed E-state index contributed by atoms with van der Waals surface area (Å²) in [5, 5.41) is 11.9. The average molecular weight is 593 g/mol. The number of aliphatic hydroxyl groups excluding tert-OH is 1. The van der Waals surface area contributed by atoms with E-state index in [0.29, 0.717) is 40.1 Å². The number of benzene rings is 4. The predicted molar refractivity (Wildman–Crippen MR) is 162 cm³/mol. The quantitative estimate of drug-likeness (QED) is 0.130. The monoisotopic (exact) mass is 592 g/mol. The third-order valence-electron chi connectivity index (χ3n) is 7.58. The minimum atomic E-state index is -1.01. The van der Waals surface area contributed by atoms with E-state index < -0.39 is 23.5 Å². The second-order valence-electron chi connectivity index (χ2n) is 10.6. The lowest BCUT2D eigenvalue weighted by Crippen LogP contribution is -2.29. The fourth-order valence-electron chi connectivity index (χ4n) is 5.57. The molecule has 0 saturated carbocycles. The van der Waals surface area contributed by atoms with Gasteiger partial charge in [-0.2, -0.15) is 0 Å². The summed E-state index contributed by atoms with van der Waals surface area (Å²) < 4.78 is 26.4. The number of halogens is 1. The van der Waals surface area contributed by atoms with E-state index in [1.165, 1.54) is 23.1 Å². The molecule has 2 aliphatic rings. The third kappa shape index (κ3) is 4.91. The van der Waals surface area contributed by atoms with E-state index in [2.05, 4.69) is 4.98 Å². The first-order valence-electron chi connectivity index (χ1n) is 13.8. The number of aliphatic hydroxyl groups is 1. The van der Waals surface area contributed by atoms with Gasteiger partial charge in [-0.25, -0.2) is 9.37 Å². The molecule has 4 aromatic carbocycles. The molecular formula is C34H25FN2O5S. The SMILES string of the molecule is CC1Cc2cc(C(O)=C3C(=O)C(=O)N(c4nc5ccc(F)cc5s4)C3c3cccc(OCc4ccccc4)c3)ccc2O1. The van der Waals surface area contributed by atoms with Crippen molar-refractivity contribution in [3.63, 3.8) is 0 Å². The van der Waals surface area contributed by atoms with E-state index in [-0.39, 0.29) is 22.6 Å². The minimum absolute atomic E-state index is 0.000439. The summed E-state index contributed by atoms with van der Waals surface area (Å²) in [6.07, 6.45) is 0.664. The predicted octanol–water partition coefficient (Wildman–Crippen LogP) is 6.96. The molecule has 9 heteroatoms. The molecule has 2 aliphatic heterocycles.